The average Bonchev–Trinajstić information content (AvgIpc) is 3.49. The van der Waals surface area contributed by atoms with Gasteiger partial charge in [-0.3, -0.25) is 9.59 Å². The molecule has 0 unspecified atom stereocenters. The number of rotatable bonds is 7. The molecule has 0 aliphatic carbocycles. The summed E-state index contributed by atoms with van der Waals surface area (Å²) in [6.45, 7) is 9.95. The van der Waals surface area contributed by atoms with Crippen LogP contribution in [0.15, 0.2) is 12.1 Å². The maximum atomic E-state index is 13.2. The van der Waals surface area contributed by atoms with Crippen LogP contribution in [0.25, 0.3) is 0 Å². The van der Waals surface area contributed by atoms with Crippen molar-refractivity contribution in [3.63, 3.8) is 0 Å². The Balaban J connectivity index is 1.66. The van der Waals surface area contributed by atoms with Crippen molar-refractivity contribution in [3.05, 3.63) is 29.3 Å². The van der Waals surface area contributed by atoms with Gasteiger partial charge in [0.1, 0.15) is 17.3 Å². The highest BCUT2D eigenvalue weighted by molar-refractivity contribution is 5.96. The molecule has 180 valence electrons. The summed E-state index contributed by atoms with van der Waals surface area (Å²) in [5, 5.41) is 19.0. The first-order chi connectivity index (χ1) is 15.5. The van der Waals surface area contributed by atoms with E-state index in [-0.39, 0.29) is 30.3 Å². The van der Waals surface area contributed by atoms with E-state index < -0.39 is 17.7 Å². The summed E-state index contributed by atoms with van der Waals surface area (Å²) >= 11 is 0. The molecule has 0 bridgehead atoms. The summed E-state index contributed by atoms with van der Waals surface area (Å²) < 4.78 is 5.37. The first kappa shape index (κ1) is 24.2. The normalized spacial score (nSPS) is 17.2. The standard InChI is InChI=1S/C21H32N8O4/c1-12(2)17(24-20(32)33-21(3,4)5)13-8-9-14(23-13)19(31)29-10-6-7-15(29)18(30)22-11-16-25-27-28-26-16/h8-9,12,15,17,23H,6-7,10-11H2,1-5H3,(H,22,30)(H,24,32)(H,25,26,27,28)/t15-,17-/m0/s1. The molecule has 1 saturated heterocycles. The van der Waals surface area contributed by atoms with E-state index in [4.69, 9.17) is 4.74 Å². The molecule has 2 aromatic heterocycles. The number of carbonyl (C=O) groups excluding carboxylic acids is 3. The number of tetrazole rings is 1. The molecule has 0 radical (unpaired) electrons. The van der Waals surface area contributed by atoms with Gasteiger partial charge in [0.2, 0.25) is 5.91 Å². The van der Waals surface area contributed by atoms with Crippen LogP contribution in [-0.4, -0.2) is 66.6 Å². The van der Waals surface area contributed by atoms with Gasteiger partial charge in [-0.25, -0.2) is 4.79 Å². The predicted molar refractivity (Wildman–Crippen MR) is 118 cm³/mol. The fourth-order valence-electron chi connectivity index (χ4n) is 3.73. The largest absolute Gasteiger partial charge is 0.444 e. The molecule has 1 fully saturated rings. The minimum absolute atomic E-state index is 0.0505. The van der Waals surface area contributed by atoms with E-state index in [9.17, 15) is 14.4 Å². The number of alkyl carbamates (subject to hydrolysis) is 1. The third-order valence-electron chi connectivity index (χ3n) is 5.24. The minimum atomic E-state index is -0.614. The number of H-pyrrole nitrogens is 2. The van der Waals surface area contributed by atoms with Crippen LogP contribution in [0.4, 0.5) is 4.79 Å². The number of likely N-dealkylation sites (tertiary alicyclic amines) is 1. The van der Waals surface area contributed by atoms with Crippen molar-refractivity contribution in [3.8, 4) is 0 Å². The van der Waals surface area contributed by atoms with Gasteiger partial charge in [-0.1, -0.05) is 19.1 Å². The number of nitrogens with one attached hydrogen (secondary N) is 4. The van der Waals surface area contributed by atoms with E-state index in [2.05, 4.69) is 36.2 Å². The van der Waals surface area contributed by atoms with Crippen LogP contribution in [0.2, 0.25) is 0 Å². The second-order valence-corrected chi connectivity index (χ2v) is 9.40. The summed E-state index contributed by atoms with van der Waals surface area (Å²) in [5.74, 6) is -0.109. The fraction of sp³-hybridized carbons (Fsp3) is 0.619. The van der Waals surface area contributed by atoms with E-state index in [0.717, 1.165) is 6.42 Å². The third kappa shape index (κ3) is 6.30. The van der Waals surface area contributed by atoms with Crippen molar-refractivity contribution >= 4 is 17.9 Å². The molecule has 0 spiro atoms. The molecular formula is C21H32N8O4. The Kier molecular flexibility index (Phi) is 7.34. The van der Waals surface area contributed by atoms with Gasteiger partial charge in [-0.2, -0.15) is 5.21 Å². The first-order valence-corrected chi connectivity index (χ1v) is 11.0. The van der Waals surface area contributed by atoms with Gasteiger partial charge in [0, 0.05) is 12.2 Å². The summed E-state index contributed by atoms with van der Waals surface area (Å²) in [4.78, 5) is 42.8. The maximum Gasteiger partial charge on any atom is 0.408 e. The van der Waals surface area contributed by atoms with Crippen LogP contribution in [0.1, 0.15) is 75.5 Å². The topological polar surface area (TPSA) is 158 Å². The van der Waals surface area contributed by atoms with Crippen molar-refractivity contribution in [2.24, 2.45) is 5.92 Å². The van der Waals surface area contributed by atoms with Gasteiger partial charge in [0.15, 0.2) is 5.82 Å². The molecule has 12 nitrogen and oxygen atoms in total. The van der Waals surface area contributed by atoms with Crippen molar-refractivity contribution in [1.82, 2.24) is 41.1 Å². The van der Waals surface area contributed by atoms with Crippen molar-refractivity contribution in [2.75, 3.05) is 6.54 Å². The molecule has 12 heteroatoms. The average molecular weight is 461 g/mol. The molecule has 1 aliphatic heterocycles. The van der Waals surface area contributed by atoms with Gasteiger partial charge >= 0.3 is 6.09 Å². The summed E-state index contributed by atoms with van der Waals surface area (Å²) in [7, 11) is 0. The van der Waals surface area contributed by atoms with Crippen molar-refractivity contribution < 1.29 is 19.1 Å². The predicted octanol–water partition coefficient (Wildman–Crippen LogP) is 1.67. The molecule has 0 aromatic carbocycles. The van der Waals surface area contributed by atoms with Gasteiger partial charge in [-0.15, -0.1) is 10.2 Å². The van der Waals surface area contributed by atoms with Gasteiger partial charge in [0.05, 0.1) is 12.6 Å². The lowest BCUT2D eigenvalue weighted by molar-refractivity contribution is -0.125. The Labute approximate surface area is 192 Å². The molecule has 2 aromatic rings. The number of hydrogen-bond donors (Lipinski definition) is 4. The van der Waals surface area contributed by atoms with Crippen LogP contribution in [-0.2, 0) is 16.1 Å². The molecule has 2 atom stereocenters. The van der Waals surface area contributed by atoms with Crippen LogP contribution in [0, 0.1) is 5.92 Å². The van der Waals surface area contributed by atoms with E-state index >= 15 is 0 Å². The Morgan fingerprint density at radius 2 is 2.03 bits per heavy atom. The van der Waals surface area contributed by atoms with Crippen LogP contribution >= 0.6 is 0 Å². The van der Waals surface area contributed by atoms with Crippen LogP contribution in [0.5, 0.6) is 0 Å². The Hall–Kier alpha value is -3.44. The zero-order valence-corrected chi connectivity index (χ0v) is 19.6. The Bertz CT molecular complexity index is 963. The second kappa shape index (κ2) is 10.0. The molecule has 1 aliphatic rings. The highest BCUT2D eigenvalue weighted by atomic mass is 16.6. The quantitative estimate of drug-likeness (QED) is 0.489. The van der Waals surface area contributed by atoms with Crippen LogP contribution < -0.4 is 10.6 Å². The van der Waals surface area contributed by atoms with Gasteiger partial charge < -0.3 is 25.3 Å². The maximum absolute atomic E-state index is 13.2. The number of hydrogen-bond acceptors (Lipinski definition) is 7. The molecule has 4 N–H and O–H groups in total. The van der Waals surface area contributed by atoms with Gasteiger partial charge in [0.25, 0.3) is 5.91 Å². The minimum Gasteiger partial charge on any atom is -0.444 e. The van der Waals surface area contributed by atoms with Crippen LogP contribution in [0.3, 0.4) is 0 Å². The highest BCUT2D eigenvalue weighted by Crippen LogP contribution is 2.25. The number of aromatic amines is 2. The van der Waals surface area contributed by atoms with E-state index in [1.54, 1.807) is 37.8 Å². The summed E-state index contributed by atoms with van der Waals surface area (Å²) in [5.41, 5.74) is 0.438. The lowest BCUT2D eigenvalue weighted by atomic mass is 10.0. The van der Waals surface area contributed by atoms with Gasteiger partial charge in [-0.05, 0) is 51.7 Å². The zero-order chi connectivity index (χ0) is 24.2. The fourth-order valence-corrected chi connectivity index (χ4v) is 3.73. The van der Waals surface area contributed by atoms with E-state index in [1.807, 2.05) is 13.8 Å². The smallest absolute Gasteiger partial charge is 0.408 e. The third-order valence-corrected chi connectivity index (χ3v) is 5.24. The molecular weight excluding hydrogens is 428 g/mol. The second-order valence-electron chi connectivity index (χ2n) is 9.40. The number of ether oxygens (including phenoxy) is 1. The Morgan fingerprint density at radius 1 is 1.27 bits per heavy atom. The first-order valence-electron chi connectivity index (χ1n) is 11.0. The molecule has 3 amide bonds. The number of amides is 3. The monoisotopic (exact) mass is 460 g/mol. The lowest BCUT2D eigenvalue weighted by Gasteiger charge is -2.25. The number of nitrogens with zero attached hydrogens (tertiary/aromatic N) is 4. The summed E-state index contributed by atoms with van der Waals surface area (Å²) in [6.07, 6.45) is 0.780. The zero-order valence-electron chi connectivity index (χ0n) is 19.6. The molecule has 0 saturated carbocycles. The molecule has 3 heterocycles. The van der Waals surface area contributed by atoms with E-state index in [1.165, 1.54) is 0 Å². The Morgan fingerprint density at radius 3 is 2.67 bits per heavy atom. The summed E-state index contributed by atoms with van der Waals surface area (Å²) in [6, 6.07) is 2.51. The van der Waals surface area contributed by atoms with E-state index in [0.29, 0.717) is 30.2 Å². The van der Waals surface area contributed by atoms with Crippen molar-refractivity contribution in [2.45, 2.75) is 71.7 Å². The number of carbonyl (C=O) groups is 3. The molecule has 3 rings (SSSR count). The lowest BCUT2D eigenvalue weighted by Crippen LogP contribution is -2.46. The SMILES string of the molecule is CC(C)[C@H](NC(=O)OC(C)(C)C)c1ccc(C(=O)N2CCC[C@H]2C(=O)NCc2nn[nH]n2)[nH]1. The van der Waals surface area contributed by atoms with Crippen molar-refractivity contribution in [1.29, 1.82) is 0 Å². The number of aromatic nitrogens is 5. The highest BCUT2D eigenvalue weighted by Gasteiger charge is 2.35. The molecule has 33 heavy (non-hydrogen) atoms.